The molecule has 0 aliphatic carbocycles. The number of aromatic nitrogens is 2. The number of hydrogen-bond donors (Lipinski definition) is 0. The topological polar surface area (TPSA) is 54.1 Å². The van der Waals surface area contributed by atoms with Gasteiger partial charge in [0.25, 0.3) is 0 Å². The molecule has 0 spiro atoms. The van der Waals surface area contributed by atoms with Gasteiger partial charge in [-0.2, -0.15) is 5.26 Å². The molecule has 0 unspecified atom stereocenters. The van der Waals surface area contributed by atoms with Gasteiger partial charge in [-0.1, -0.05) is 42.5 Å². The number of ether oxygens (including phenoxy) is 1. The zero-order valence-electron chi connectivity index (χ0n) is 18.0. The molecule has 158 valence electrons. The second kappa shape index (κ2) is 8.70. The molecule has 1 aromatic heterocycles. The molecule has 3 aromatic carbocycles. The van der Waals surface area contributed by atoms with Crippen molar-refractivity contribution in [1.29, 1.82) is 5.26 Å². The van der Waals surface area contributed by atoms with Crippen LogP contribution in [0, 0.1) is 11.3 Å². The van der Waals surface area contributed by atoms with Gasteiger partial charge in [0.2, 0.25) is 0 Å². The van der Waals surface area contributed by atoms with Crippen LogP contribution in [0.3, 0.4) is 0 Å². The van der Waals surface area contributed by atoms with E-state index in [1.807, 2.05) is 42.9 Å². The predicted molar refractivity (Wildman–Crippen MR) is 124 cm³/mol. The molecule has 0 fully saturated rings. The number of benzene rings is 3. The second-order valence-corrected chi connectivity index (χ2v) is 8.23. The number of nitrogens with zero attached hydrogens (tertiary/aromatic N) is 4. The van der Waals surface area contributed by atoms with Crippen molar-refractivity contribution in [3.05, 3.63) is 102 Å². The van der Waals surface area contributed by atoms with Crippen LogP contribution in [0.5, 0.6) is 11.5 Å². The van der Waals surface area contributed by atoms with Gasteiger partial charge >= 0.3 is 0 Å². The Hall–Kier alpha value is -3.88. The highest BCUT2D eigenvalue weighted by atomic mass is 16.5. The first-order valence-electron chi connectivity index (χ1n) is 10.8. The van der Waals surface area contributed by atoms with Crippen molar-refractivity contribution in [3.63, 3.8) is 0 Å². The number of nitriles is 1. The Kier molecular flexibility index (Phi) is 5.45. The first-order chi connectivity index (χ1) is 15.7. The number of hydrogen-bond acceptors (Lipinski definition) is 4. The molecule has 0 amide bonds. The van der Waals surface area contributed by atoms with E-state index < -0.39 is 0 Å². The van der Waals surface area contributed by atoms with Crippen LogP contribution in [0.1, 0.15) is 22.4 Å². The summed E-state index contributed by atoms with van der Waals surface area (Å²) < 4.78 is 8.38. The Morgan fingerprint density at radius 2 is 1.91 bits per heavy atom. The lowest BCUT2D eigenvalue weighted by molar-refractivity contribution is 0.322. The summed E-state index contributed by atoms with van der Waals surface area (Å²) in [7, 11) is 2.15. The van der Waals surface area contributed by atoms with Crippen LogP contribution >= 0.6 is 0 Å². The lowest BCUT2D eigenvalue weighted by Gasteiger charge is -2.20. The van der Waals surface area contributed by atoms with E-state index in [4.69, 9.17) is 4.74 Å². The van der Waals surface area contributed by atoms with Crippen molar-refractivity contribution in [1.82, 2.24) is 14.5 Å². The third-order valence-corrected chi connectivity index (χ3v) is 5.90. The van der Waals surface area contributed by atoms with Gasteiger partial charge in [0.05, 0.1) is 17.6 Å². The SMILES string of the molecule is CN1CCc2ccccc2-c2cccc(c2)Oc2cc(ccc2C#N)Cn2cncc2C1. The molecule has 0 saturated heterocycles. The minimum Gasteiger partial charge on any atom is -0.456 e. The van der Waals surface area contributed by atoms with Gasteiger partial charge in [-0.25, -0.2) is 4.98 Å². The quantitative estimate of drug-likeness (QED) is 0.390. The van der Waals surface area contributed by atoms with E-state index in [1.165, 1.54) is 11.1 Å². The zero-order valence-corrected chi connectivity index (χ0v) is 18.0. The van der Waals surface area contributed by atoms with E-state index >= 15 is 0 Å². The maximum absolute atomic E-state index is 9.61. The van der Waals surface area contributed by atoms with Gasteiger partial charge in [-0.3, -0.25) is 0 Å². The molecule has 32 heavy (non-hydrogen) atoms. The van der Waals surface area contributed by atoms with Crippen molar-refractivity contribution in [2.75, 3.05) is 13.6 Å². The maximum Gasteiger partial charge on any atom is 0.145 e. The highest BCUT2D eigenvalue weighted by molar-refractivity contribution is 5.69. The van der Waals surface area contributed by atoms with E-state index in [9.17, 15) is 5.26 Å². The van der Waals surface area contributed by atoms with Crippen molar-refractivity contribution in [3.8, 4) is 28.7 Å². The fourth-order valence-electron chi connectivity index (χ4n) is 4.20. The van der Waals surface area contributed by atoms with E-state index in [-0.39, 0.29) is 0 Å². The zero-order chi connectivity index (χ0) is 21.9. The highest BCUT2D eigenvalue weighted by Crippen LogP contribution is 2.32. The largest absolute Gasteiger partial charge is 0.456 e. The summed E-state index contributed by atoms with van der Waals surface area (Å²) in [4.78, 5) is 6.71. The van der Waals surface area contributed by atoms with Gasteiger partial charge in [-0.15, -0.1) is 0 Å². The Morgan fingerprint density at radius 3 is 2.81 bits per heavy atom. The summed E-state index contributed by atoms with van der Waals surface area (Å²) in [6, 6.07) is 24.6. The van der Waals surface area contributed by atoms with Gasteiger partial charge in [0, 0.05) is 25.8 Å². The van der Waals surface area contributed by atoms with E-state index in [2.05, 4.69) is 64.0 Å². The number of imidazole rings is 1. The van der Waals surface area contributed by atoms with E-state index in [0.29, 0.717) is 17.9 Å². The summed E-state index contributed by atoms with van der Waals surface area (Å²) in [5.74, 6) is 1.29. The molecule has 0 atom stereocenters. The Labute approximate surface area is 188 Å². The molecular formula is C27H24N4O. The third kappa shape index (κ3) is 4.14. The molecule has 5 heteroatoms. The molecule has 0 saturated carbocycles. The first-order valence-corrected chi connectivity index (χ1v) is 10.8. The van der Waals surface area contributed by atoms with Gasteiger partial charge in [-0.05, 0) is 60.0 Å². The molecule has 4 bridgehead atoms. The summed E-state index contributed by atoms with van der Waals surface area (Å²) in [5.41, 5.74) is 6.36. The van der Waals surface area contributed by atoms with Crippen molar-refractivity contribution >= 4 is 0 Å². The molecule has 1 aliphatic rings. The van der Waals surface area contributed by atoms with Crippen LogP contribution in [0.2, 0.25) is 0 Å². The molecule has 2 heterocycles. The molecule has 5 rings (SSSR count). The van der Waals surface area contributed by atoms with Gasteiger partial charge in [0.1, 0.15) is 17.6 Å². The molecule has 5 nitrogen and oxygen atoms in total. The van der Waals surface area contributed by atoms with Crippen molar-refractivity contribution in [2.45, 2.75) is 19.5 Å². The van der Waals surface area contributed by atoms with E-state index in [1.54, 1.807) is 0 Å². The maximum atomic E-state index is 9.61. The standard InChI is InChI=1S/C27H24N4O/c1-30-12-11-21-5-2-3-8-26(21)22-6-4-7-25(14-22)32-27-13-20(9-10-23(27)15-28)17-31-19-29-16-24(31)18-30/h2-10,13-14,16,19H,11-12,17-18H2,1H3. The Balaban J connectivity index is 1.62. The van der Waals surface area contributed by atoms with Crippen LogP contribution in [-0.2, 0) is 19.5 Å². The second-order valence-electron chi connectivity index (χ2n) is 8.23. The van der Waals surface area contributed by atoms with Crippen molar-refractivity contribution in [2.24, 2.45) is 0 Å². The number of likely N-dealkylation sites (N-methyl/N-ethyl adjacent to an activating group) is 1. The number of rotatable bonds is 0. The highest BCUT2D eigenvalue weighted by Gasteiger charge is 2.13. The average Bonchev–Trinajstić information content (AvgIpc) is 3.24. The molecule has 1 aliphatic heterocycles. The van der Waals surface area contributed by atoms with Crippen LogP contribution in [-0.4, -0.2) is 28.0 Å². The fourth-order valence-corrected chi connectivity index (χ4v) is 4.20. The lowest BCUT2D eigenvalue weighted by Crippen LogP contribution is -2.22. The Morgan fingerprint density at radius 1 is 1.00 bits per heavy atom. The summed E-state index contributed by atoms with van der Waals surface area (Å²) in [5, 5.41) is 9.61. The van der Waals surface area contributed by atoms with Crippen molar-refractivity contribution < 1.29 is 4.74 Å². The smallest absolute Gasteiger partial charge is 0.145 e. The van der Waals surface area contributed by atoms with Crippen LogP contribution in [0.4, 0.5) is 0 Å². The molecular weight excluding hydrogens is 396 g/mol. The van der Waals surface area contributed by atoms with Gasteiger partial charge in [0.15, 0.2) is 0 Å². The summed E-state index contributed by atoms with van der Waals surface area (Å²) in [6.07, 6.45) is 4.74. The molecule has 0 N–H and O–H groups in total. The molecule has 0 radical (unpaired) electrons. The number of fused-ring (bicyclic) bond motifs is 7. The van der Waals surface area contributed by atoms with Crippen LogP contribution < -0.4 is 4.74 Å². The summed E-state index contributed by atoms with van der Waals surface area (Å²) in [6.45, 7) is 2.44. The predicted octanol–water partition coefficient (Wildman–Crippen LogP) is 5.25. The molecule has 4 aromatic rings. The average molecular weight is 421 g/mol. The van der Waals surface area contributed by atoms with Crippen LogP contribution in [0.15, 0.2) is 79.3 Å². The normalized spacial score (nSPS) is 14.0. The van der Waals surface area contributed by atoms with Crippen LogP contribution in [0.25, 0.3) is 11.1 Å². The lowest BCUT2D eigenvalue weighted by atomic mass is 9.97. The third-order valence-electron chi connectivity index (χ3n) is 5.90. The first kappa shape index (κ1) is 20.0. The van der Waals surface area contributed by atoms with E-state index in [0.717, 1.165) is 42.1 Å². The summed E-state index contributed by atoms with van der Waals surface area (Å²) >= 11 is 0. The Bertz CT molecular complexity index is 1300. The fraction of sp³-hybridized carbons (Fsp3) is 0.185. The van der Waals surface area contributed by atoms with Gasteiger partial charge < -0.3 is 14.2 Å². The minimum absolute atomic E-state index is 0.520. The monoisotopic (exact) mass is 420 g/mol. The minimum atomic E-state index is 0.520.